The molecule has 1 saturated heterocycles. The number of aliphatic hydroxyl groups is 1. The highest BCUT2D eigenvalue weighted by Crippen LogP contribution is 2.53. The molecule has 1 aromatic rings. The number of aliphatic hydroxyl groups excluding tert-OH is 1. The number of rotatable bonds is 2. The molecular weight excluding hydrogens is 455 g/mol. The highest BCUT2D eigenvalue weighted by atomic mass is 19.4. The molecule has 1 aromatic carbocycles. The van der Waals surface area contributed by atoms with E-state index in [1.54, 1.807) is 0 Å². The Hall–Kier alpha value is -1.96. The molecule has 0 radical (unpaired) electrons. The summed E-state index contributed by atoms with van der Waals surface area (Å²) < 4.78 is 52.2. The molecule has 0 aromatic heterocycles. The van der Waals surface area contributed by atoms with Crippen LogP contribution >= 0.6 is 0 Å². The van der Waals surface area contributed by atoms with Gasteiger partial charge >= 0.3 is 6.18 Å². The molecule has 4 nitrogen and oxygen atoms in total. The van der Waals surface area contributed by atoms with Crippen molar-refractivity contribution in [1.29, 1.82) is 0 Å². The van der Waals surface area contributed by atoms with Crippen molar-refractivity contribution in [3.05, 3.63) is 58.7 Å². The highest BCUT2D eigenvalue weighted by Gasteiger charge is 2.51. The van der Waals surface area contributed by atoms with Gasteiger partial charge in [-0.15, -0.1) is 0 Å². The van der Waals surface area contributed by atoms with E-state index in [-0.39, 0.29) is 11.3 Å². The molecule has 2 atom stereocenters. The Balaban J connectivity index is 1.92. The van der Waals surface area contributed by atoms with Crippen LogP contribution in [0.25, 0.3) is 0 Å². The molecule has 1 N–H and O–H groups in total. The highest BCUT2D eigenvalue weighted by molar-refractivity contribution is 6.04. The largest absolute Gasteiger partial charge is 0.416 e. The van der Waals surface area contributed by atoms with Gasteiger partial charge in [-0.1, -0.05) is 46.4 Å². The summed E-state index contributed by atoms with van der Waals surface area (Å²) in [5.41, 5.74) is 2.31. The van der Waals surface area contributed by atoms with Gasteiger partial charge in [0.25, 0.3) is 0 Å². The van der Waals surface area contributed by atoms with Crippen LogP contribution in [-0.4, -0.2) is 42.3 Å². The van der Waals surface area contributed by atoms with Gasteiger partial charge in [-0.05, 0) is 53.0 Å². The van der Waals surface area contributed by atoms with Crippen molar-refractivity contribution in [1.82, 2.24) is 0 Å². The molecule has 3 aliphatic rings. The minimum atomic E-state index is -4.41. The van der Waals surface area contributed by atoms with Crippen molar-refractivity contribution >= 4 is 5.71 Å². The SMILES string of the molecule is C=C1C2=C(C(C(C)C)=NCCC(C)(C)C[C@@H]1O)[C@@H](c1ccc(C(F)(F)F)cc1)OC21CCOCC1. The topological polar surface area (TPSA) is 51.1 Å². The molecule has 0 unspecified atom stereocenters. The average Bonchev–Trinajstić information content (AvgIpc) is 3.08. The standard InChI is InChI=1S/C28H36F3NO3/c1-17(2)24-22-23(18(3)21(33)16-26(4,5)10-13-32-24)27(11-14-34-15-12-27)35-25(22)19-6-8-20(9-7-19)28(29,30)31/h6-9,17,21,25,33H,3,10-16H2,1-2,4-5H3/t21-,25+/m0/s1. The molecule has 1 spiro atoms. The van der Waals surface area contributed by atoms with Crippen LogP contribution in [0.1, 0.15) is 70.6 Å². The quantitative estimate of drug-likeness (QED) is 0.517. The predicted octanol–water partition coefficient (Wildman–Crippen LogP) is 6.46. The number of fused-ring (bicyclic) bond motifs is 1. The van der Waals surface area contributed by atoms with Crippen LogP contribution in [0, 0.1) is 11.3 Å². The molecule has 4 rings (SSSR count). The molecule has 1 fully saturated rings. The number of hydrogen-bond donors (Lipinski definition) is 1. The van der Waals surface area contributed by atoms with E-state index in [9.17, 15) is 18.3 Å². The first kappa shape index (κ1) is 26.1. The first-order chi connectivity index (χ1) is 16.3. The molecule has 0 bridgehead atoms. The second-order valence-corrected chi connectivity index (χ2v) is 11.1. The van der Waals surface area contributed by atoms with Crippen molar-refractivity contribution in [2.75, 3.05) is 19.8 Å². The summed E-state index contributed by atoms with van der Waals surface area (Å²) in [6.45, 7) is 14.4. The molecule has 0 saturated carbocycles. The summed E-state index contributed by atoms with van der Waals surface area (Å²) in [7, 11) is 0. The smallest absolute Gasteiger partial charge is 0.388 e. The normalized spacial score (nSPS) is 27.2. The Morgan fingerprint density at radius 1 is 1.09 bits per heavy atom. The van der Waals surface area contributed by atoms with Crippen molar-refractivity contribution in [2.24, 2.45) is 16.3 Å². The van der Waals surface area contributed by atoms with Crippen molar-refractivity contribution in [3.63, 3.8) is 0 Å². The summed E-state index contributed by atoms with van der Waals surface area (Å²) in [6, 6.07) is 5.20. The van der Waals surface area contributed by atoms with Crippen LogP contribution in [0.2, 0.25) is 0 Å². The second-order valence-electron chi connectivity index (χ2n) is 11.1. The van der Waals surface area contributed by atoms with Crippen LogP contribution in [0.15, 0.2) is 52.6 Å². The summed E-state index contributed by atoms with van der Waals surface area (Å²) in [4.78, 5) is 5.04. The lowest BCUT2D eigenvalue weighted by molar-refractivity contribution is -0.137. The number of nitrogens with zero attached hydrogens (tertiary/aromatic N) is 1. The van der Waals surface area contributed by atoms with E-state index in [1.807, 2.05) is 0 Å². The Morgan fingerprint density at radius 2 is 1.71 bits per heavy atom. The maximum atomic E-state index is 13.2. The van der Waals surface area contributed by atoms with Crippen molar-refractivity contribution < 1.29 is 27.8 Å². The van der Waals surface area contributed by atoms with Gasteiger partial charge in [0.15, 0.2) is 0 Å². The van der Waals surface area contributed by atoms with Crippen LogP contribution in [0.5, 0.6) is 0 Å². The molecule has 3 heterocycles. The molecule has 3 aliphatic heterocycles. The van der Waals surface area contributed by atoms with Gasteiger partial charge in [0.1, 0.15) is 6.10 Å². The van der Waals surface area contributed by atoms with Crippen LogP contribution in [0.4, 0.5) is 13.2 Å². The third kappa shape index (κ3) is 5.13. The molecule has 7 heteroatoms. The maximum absolute atomic E-state index is 13.2. The summed E-state index contributed by atoms with van der Waals surface area (Å²) in [5, 5.41) is 11.3. The number of benzene rings is 1. The van der Waals surface area contributed by atoms with Crippen molar-refractivity contribution in [2.45, 2.75) is 77.4 Å². The van der Waals surface area contributed by atoms with E-state index in [0.29, 0.717) is 50.2 Å². The van der Waals surface area contributed by atoms with Gasteiger partial charge < -0.3 is 14.6 Å². The van der Waals surface area contributed by atoms with E-state index in [2.05, 4.69) is 34.3 Å². The fourth-order valence-corrected chi connectivity index (χ4v) is 5.57. The van der Waals surface area contributed by atoms with E-state index in [1.165, 1.54) is 12.1 Å². The molecule has 0 aliphatic carbocycles. The van der Waals surface area contributed by atoms with Gasteiger partial charge in [-0.25, -0.2) is 0 Å². The fraction of sp³-hybridized carbons (Fsp3) is 0.607. The lowest BCUT2D eigenvalue weighted by atomic mass is 9.73. The van der Waals surface area contributed by atoms with Gasteiger partial charge in [0.05, 0.1) is 17.3 Å². The minimum absolute atomic E-state index is 0.0584. The third-order valence-corrected chi connectivity index (χ3v) is 7.53. The number of aliphatic imine (C=N–C) groups is 1. The van der Waals surface area contributed by atoms with E-state index < -0.39 is 29.5 Å². The zero-order valence-corrected chi connectivity index (χ0v) is 21.0. The maximum Gasteiger partial charge on any atom is 0.416 e. The van der Waals surface area contributed by atoms with Crippen LogP contribution in [-0.2, 0) is 15.7 Å². The lowest BCUT2D eigenvalue weighted by Crippen LogP contribution is -2.40. The molecule has 192 valence electrons. The summed E-state index contributed by atoms with van der Waals surface area (Å²) in [6.07, 6.45) is -3.23. The van der Waals surface area contributed by atoms with Crippen LogP contribution < -0.4 is 0 Å². The van der Waals surface area contributed by atoms with Crippen LogP contribution in [0.3, 0.4) is 0 Å². The average molecular weight is 492 g/mol. The first-order valence-corrected chi connectivity index (χ1v) is 12.4. The zero-order chi connectivity index (χ0) is 25.6. The van der Waals surface area contributed by atoms with Gasteiger partial charge in [0.2, 0.25) is 0 Å². The Labute approximate surface area is 205 Å². The van der Waals surface area contributed by atoms with E-state index in [0.717, 1.165) is 35.4 Å². The lowest BCUT2D eigenvalue weighted by Gasteiger charge is -2.38. The molecule has 35 heavy (non-hydrogen) atoms. The summed E-state index contributed by atoms with van der Waals surface area (Å²) in [5.74, 6) is 0.0584. The van der Waals surface area contributed by atoms with E-state index in [4.69, 9.17) is 14.5 Å². The number of halogens is 3. The van der Waals surface area contributed by atoms with E-state index >= 15 is 0 Å². The fourth-order valence-electron chi connectivity index (χ4n) is 5.57. The van der Waals surface area contributed by atoms with Gasteiger partial charge in [-0.2, -0.15) is 13.2 Å². The minimum Gasteiger partial charge on any atom is -0.388 e. The molecular formula is C28H36F3NO3. The van der Waals surface area contributed by atoms with Gasteiger partial charge in [-0.3, -0.25) is 4.99 Å². The second kappa shape index (κ2) is 9.49. The predicted molar refractivity (Wildman–Crippen MR) is 130 cm³/mol. The monoisotopic (exact) mass is 491 g/mol. The molecule has 0 amide bonds. The number of hydrogen-bond acceptors (Lipinski definition) is 4. The first-order valence-electron chi connectivity index (χ1n) is 12.4. The number of alkyl halides is 3. The Kier molecular flexibility index (Phi) is 7.08. The Morgan fingerprint density at radius 3 is 2.29 bits per heavy atom. The van der Waals surface area contributed by atoms with Crippen molar-refractivity contribution in [3.8, 4) is 0 Å². The number of ether oxygens (including phenoxy) is 2. The summed E-state index contributed by atoms with van der Waals surface area (Å²) >= 11 is 0. The van der Waals surface area contributed by atoms with Gasteiger partial charge in [0, 0.05) is 43.9 Å². The zero-order valence-electron chi connectivity index (χ0n) is 21.0. The third-order valence-electron chi connectivity index (χ3n) is 7.53. The Bertz CT molecular complexity index is 1010.